The van der Waals surface area contributed by atoms with Gasteiger partial charge in [-0.05, 0) is 64.0 Å². The Kier molecular flexibility index (Phi) is 7.74. The number of benzene rings is 4. The first-order valence-corrected chi connectivity index (χ1v) is 13.3. The summed E-state index contributed by atoms with van der Waals surface area (Å²) < 4.78 is 6.92. The number of nitrogens with one attached hydrogen (secondary N) is 2. The van der Waals surface area contributed by atoms with Gasteiger partial charge in [-0.2, -0.15) is 5.10 Å². The van der Waals surface area contributed by atoms with Crippen LogP contribution < -0.4 is 10.2 Å². The number of para-hydroxylation sites is 1. The van der Waals surface area contributed by atoms with E-state index in [2.05, 4.69) is 47.4 Å². The van der Waals surface area contributed by atoms with E-state index >= 15 is 0 Å². The highest BCUT2D eigenvalue weighted by Crippen LogP contribution is 2.34. The Morgan fingerprint density at radius 3 is 2.39 bits per heavy atom. The molecule has 0 saturated heterocycles. The Bertz CT molecular complexity index is 1680. The second-order valence-corrected chi connectivity index (χ2v) is 10.4. The van der Waals surface area contributed by atoms with Crippen LogP contribution in [0.4, 0.5) is 0 Å². The third kappa shape index (κ3) is 5.57. The van der Waals surface area contributed by atoms with Crippen molar-refractivity contribution in [3.8, 4) is 16.9 Å². The Morgan fingerprint density at radius 1 is 0.921 bits per heavy atom. The Labute approximate surface area is 239 Å². The number of aromatic amines is 1. The van der Waals surface area contributed by atoms with Gasteiger partial charge in [-0.15, -0.1) is 0 Å². The van der Waals surface area contributed by atoms with Crippen molar-refractivity contribution < 1.29 is 14.3 Å². The first-order chi connectivity index (χ1) is 18.4. The molecule has 38 heavy (non-hydrogen) atoms. The van der Waals surface area contributed by atoms with E-state index < -0.39 is 11.9 Å². The predicted octanol–water partition coefficient (Wildman–Crippen LogP) is 8.00. The number of hydrazone groups is 1. The highest BCUT2D eigenvalue weighted by molar-refractivity contribution is 9.11. The maximum Gasteiger partial charge on any atom is 0.343 e. The molecule has 0 radical (unpaired) electrons. The zero-order valence-corrected chi connectivity index (χ0v) is 23.5. The van der Waals surface area contributed by atoms with Gasteiger partial charge in [0.2, 0.25) is 0 Å². The van der Waals surface area contributed by atoms with E-state index in [0.717, 1.165) is 26.5 Å². The molecule has 0 unspecified atom stereocenters. The molecule has 9 heteroatoms. The second-order valence-electron chi connectivity index (χ2n) is 8.19. The van der Waals surface area contributed by atoms with E-state index in [0.29, 0.717) is 26.3 Å². The fraction of sp³-hybridized carbons (Fsp3) is 0. The summed E-state index contributed by atoms with van der Waals surface area (Å²) in [5.41, 5.74) is 6.32. The molecule has 1 aromatic heterocycles. The Hall–Kier alpha value is -3.72. The van der Waals surface area contributed by atoms with Crippen molar-refractivity contribution in [2.24, 2.45) is 5.10 Å². The van der Waals surface area contributed by atoms with E-state index in [1.165, 1.54) is 6.21 Å². The summed E-state index contributed by atoms with van der Waals surface area (Å²) in [7, 11) is 0. The molecule has 0 atom stereocenters. The number of halogens is 3. The van der Waals surface area contributed by atoms with Gasteiger partial charge < -0.3 is 9.72 Å². The molecule has 5 rings (SSSR count). The number of esters is 1. The van der Waals surface area contributed by atoms with Crippen LogP contribution in [0.3, 0.4) is 0 Å². The summed E-state index contributed by atoms with van der Waals surface area (Å²) in [5, 5.41) is 5.61. The molecular weight excluding hydrogens is 634 g/mol. The molecule has 0 spiro atoms. The number of carbonyl (C=O) groups excluding carboxylic acids is 2. The number of rotatable bonds is 6. The topological polar surface area (TPSA) is 83.5 Å². The molecule has 0 aliphatic carbocycles. The number of ether oxygens (including phenoxy) is 1. The van der Waals surface area contributed by atoms with Crippen LogP contribution in [0.1, 0.15) is 26.4 Å². The van der Waals surface area contributed by atoms with Crippen molar-refractivity contribution in [3.05, 3.63) is 122 Å². The van der Waals surface area contributed by atoms with Crippen molar-refractivity contribution in [1.82, 2.24) is 10.4 Å². The molecule has 2 N–H and O–H groups in total. The normalized spacial score (nSPS) is 11.1. The molecule has 1 heterocycles. The van der Waals surface area contributed by atoms with Crippen LogP contribution in [-0.2, 0) is 0 Å². The molecule has 5 aromatic rings. The molecule has 0 aliphatic rings. The van der Waals surface area contributed by atoms with Crippen LogP contribution in [-0.4, -0.2) is 23.1 Å². The molecule has 1 amide bonds. The summed E-state index contributed by atoms with van der Waals surface area (Å²) >= 11 is 12.8. The van der Waals surface area contributed by atoms with Gasteiger partial charge >= 0.3 is 5.97 Å². The maximum atomic E-state index is 13.2. The zero-order chi connectivity index (χ0) is 26.6. The van der Waals surface area contributed by atoms with Crippen LogP contribution in [0, 0.1) is 0 Å². The summed E-state index contributed by atoms with van der Waals surface area (Å²) in [6.45, 7) is 0. The minimum Gasteiger partial charge on any atom is -0.421 e. The molecule has 6 nitrogen and oxygen atoms in total. The summed E-state index contributed by atoms with van der Waals surface area (Å²) in [6.07, 6.45) is 1.42. The molecule has 0 saturated carbocycles. The Balaban J connectivity index is 1.42. The van der Waals surface area contributed by atoms with Crippen LogP contribution in [0.25, 0.3) is 22.0 Å². The fourth-order valence-corrected chi connectivity index (χ4v) is 5.42. The van der Waals surface area contributed by atoms with Gasteiger partial charge in [-0.25, -0.2) is 10.2 Å². The highest BCUT2D eigenvalue weighted by atomic mass is 79.9. The van der Waals surface area contributed by atoms with E-state index in [4.69, 9.17) is 16.3 Å². The number of fused-ring (bicyclic) bond motifs is 1. The third-order valence-electron chi connectivity index (χ3n) is 5.68. The lowest BCUT2D eigenvalue weighted by molar-refractivity contribution is 0.0733. The van der Waals surface area contributed by atoms with E-state index in [9.17, 15) is 9.59 Å². The summed E-state index contributed by atoms with van der Waals surface area (Å²) in [4.78, 5) is 29.2. The van der Waals surface area contributed by atoms with E-state index in [1.54, 1.807) is 36.4 Å². The molecule has 0 aliphatic heterocycles. The lowest BCUT2D eigenvalue weighted by atomic mass is 10.0. The van der Waals surface area contributed by atoms with Gasteiger partial charge in [0.15, 0.2) is 5.75 Å². The smallest absolute Gasteiger partial charge is 0.343 e. The predicted molar refractivity (Wildman–Crippen MR) is 157 cm³/mol. The number of amides is 1. The van der Waals surface area contributed by atoms with Crippen molar-refractivity contribution in [2.45, 2.75) is 0 Å². The number of hydrogen-bond donors (Lipinski definition) is 2. The van der Waals surface area contributed by atoms with Gasteiger partial charge in [0.05, 0.1) is 16.3 Å². The maximum absolute atomic E-state index is 13.2. The molecule has 4 aromatic carbocycles. The average molecular weight is 652 g/mol. The quantitative estimate of drug-likeness (QED) is 0.0845. The fourth-order valence-electron chi connectivity index (χ4n) is 3.95. The van der Waals surface area contributed by atoms with Crippen molar-refractivity contribution in [1.29, 1.82) is 0 Å². The average Bonchev–Trinajstić information content (AvgIpc) is 3.31. The minimum atomic E-state index is -0.561. The number of nitrogens with zero attached hydrogens (tertiary/aromatic N) is 1. The number of hydrogen-bond acceptors (Lipinski definition) is 4. The SMILES string of the molecule is O=C(Oc1c(Br)cc(Br)cc1C=NNC(=O)c1[nH]c2ccccc2c1-c1ccccc1)c1ccc(Cl)cc1. The largest absolute Gasteiger partial charge is 0.421 e. The highest BCUT2D eigenvalue weighted by Gasteiger charge is 2.19. The van der Waals surface area contributed by atoms with Crippen LogP contribution in [0.15, 0.2) is 105 Å². The van der Waals surface area contributed by atoms with Gasteiger partial charge in [0.25, 0.3) is 5.91 Å². The van der Waals surface area contributed by atoms with Gasteiger partial charge in [-0.1, -0.05) is 76.1 Å². The number of aromatic nitrogens is 1. The molecular formula is C29H18Br2ClN3O3. The van der Waals surface area contributed by atoms with Crippen molar-refractivity contribution >= 4 is 72.5 Å². The van der Waals surface area contributed by atoms with Gasteiger partial charge in [0, 0.05) is 31.5 Å². The van der Waals surface area contributed by atoms with E-state index in [-0.39, 0.29) is 5.75 Å². The summed E-state index contributed by atoms with van der Waals surface area (Å²) in [6, 6.07) is 27.3. The Morgan fingerprint density at radius 2 is 1.63 bits per heavy atom. The van der Waals surface area contributed by atoms with Crippen LogP contribution >= 0.6 is 43.5 Å². The number of H-pyrrole nitrogens is 1. The molecule has 0 bridgehead atoms. The molecule has 0 fully saturated rings. The summed E-state index contributed by atoms with van der Waals surface area (Å²) in [5.74, 6) is -0.722. The zero-order valence-electron chi connectivity index (χ0n) is 19.5. The van der Waals surface area contributed by atoms with Crippen LogP contribution in [0.5, 0.6) is 5.75 Å². The van der Waals surface area contributed by atoms with Gasteiger partial charge in [-0.3, -0.25) is 4.79 Å². The van der Waals surface area contributed by atoms with Crippen molar-refractivity contribution in [2.75, 3.05) is 0 Å². The third-order valence-corrected chi connectivity index (χ3v) is 6.98. The van der Waals surface area contributed by atoms with E-state index in [1.807, 2.05) is 54.6 Å². The lowest BCUT2D eigenvalue weighted by Crippen LogP contribution is -2.19. The van der Waals surface area contributed by atoms with Crippen LogP contribution in [0.2, 0.25) is 5.02 Å². The standard InChI is InChI=1S/C29H18Br2ClN3O3/c30-20-14-19(27(23(31)15-20)38-29(37)18-10-12-21(32)13-11-18)16-33-35-28(36)26-25(17-6-2-1-3-7-17)22-8-4-5-9-24(22)34-26/h1-16,34H,(H,35,36). The second kappa shape index (κ2) is 11.3. The van der Waals surface area contributed by atoms with Crippen molar-refractivity contribution in [3.63, 3.8) is 0 Å². The first-order valence-electron chi connectivity index (χ1n) is 11.4. The first kappa shape index (κ1) is 25.9. The number of carbonyl (C=O) groups is 2. The molecule has 188 valence electrons. The minimum absolute atomic E-state index is 0.252. The monoisotopic (exact) mass is 649 g/mol. The van der Waals surface area contributed by atoms with Gasteiger partial charge in [0.1, 0.15) is 5.69 Å². The lowest BCUT2D eigenvalue weighted by Gasteiger charge is -2.11.